The third-order valence-electron chi connectivity index (χ3n) is 2.81. The lowest BCUT2D eigenvalue weighted by Gasteiger charge is -2.24. The van der Waals surface area contributed by atoms with E-state index < -0.39 is 0 Å². The maximum Gasteiger partial charge on any atom is 0.410 e. The van der Waals surface area contributed by atoms with E-state index in [1.165, 1.54) is 0 Å². The van der Waals surface area contributed by atoms with E-state index in [1.807, 2.05) is 30.3 Å². The van der Waals surface area contributed by atoms with Crippen molar-refractivity contribution in [3.05, 3.63) is 35.9 Å². The summed E-state index contributed by atoms with van der Waals surface area (Å²) in [6.07, 6.45) is -0.407. The zero-order valence-corrected chi connectivity index (χ0v) is 11.4. The maximum absolute atomic E-state index is 11.7. The first-order chi connectivity index (χ1) is 8.26. The fraction of sp³-hybridized carbons (Fsp3) is 0.417. The quantitative estimate of drug-likeness (QED) is 0.669. The number of nitrogens with zero attached hydrogens (tertiary/aromatic N) is 1. The number of rotatable bonds is 4. The Morgan fingerprint density at radius 2 is 2.18 bits per heavy atom. The molecule has 17 heavy (non-hydrogen) atoms. The summed E-state index contributed by atoms with van der Waals surface area (Å²) in [5, 5.41) is 9.47. The lowest BCUT2D eigenvalue weighted by molar-refractivity contribution is 0.120. The maximum atomic E-state index is 11.7. The van der Waals surface area contributed by atoms with Gasteiger partial charge < -0.3 is 9.84 Å². The Morgan fingerprint density at radius 3 is 2.71 bits per heavy atom. The predicted molar refractivity (Wildman–Crippen MR) is 72.1 cm³/mol. The molecule has 1 N–H and O–H groups in total. The highest BCUT2D eigenvalue weighted by Gasteiger charge is 2.35. The molecular formula is C12H14INO3. The number of carbonyl (C=O) groups is 1. The van der Waals surface area contributed by atoms with Crippen LogP contribution in [0.4, 0.5) is 4.79 Å². The van der Waals surface area contributed by atoms with E-state index in [0.29, 0.717) is 6.54 Å². The van der Waals surface area contributed by atoms with Crippen LogP contribution in [-0.4, -0.2) is 39.8 Å². The lowest BCUT2D eigenvalue weighted by Crippen LogP contribution is -2.32. The van der Waals surface area contributed by atoms with Crippen LogP contribution in [0.2, 0.25) is 0 Å². The molecule has 0 aromatic heterocycles. The Labute approximate surface area is 114 Å². The number of halogens is 1. The van der Waals surface area contributed by atoms with Gasteiger partial charge in [-0.05, 0) is 5.56 Å². The van der Waals surface area contributed by atoms with Crippen LogP contribution < -0.4 is 0 Å². The number of hydrogen-bond donors (Lipinski definition) is 1. The third kappa shape index (κ3) is 2.71. The largest absolute Gasteiger partial charge is 0.443 e. The molecule has 92 valence electrons. The molecule has 1 heterocycles. The van der Waals surface area contributed by atoms with Gasteiger partial charge in [0.05, 0.1) is 19.2 Å². The summed E-state index contributed by atoms with van der Waals surface area (Å²) in [7, 11) is 0. The summed E-state index contributed by atoms with van der Waals surface area (Å²) in [5.74, 6) is 0. The first-order valence-electron chi connectivity index (χ1n) is 5.45. The number of hydrogen-bond acceptors (Lipinski definition) is 3. The molecule has 0 spiro atoms. The second kappa shape index (κ2) is 5.68. The molecular weight excluding hydrogens is 333 g/mol. The van der Waals surface area contributed by atoms with Crippen molar-refractivity contribution in [2.24, 2.45) is 0 Å². The monoisotopic (exact) mass is 347 g/mol. The number of aliphatic hydroxyl groups is 1. The van der Waals surface area contributed by atoms with Gasteiger partial charge in [0.15, 0.2) is 0 Å². The molecule has 1 aromatic carbocycles. The van der Waals surface area contributed by atoms with E-state index in [9.17, 15) is 9.90 Å². The highest BCUT2D eigenvalue weighted by Crippen LogP contribution is 2.26. The summed E-state index contributed by atoms with van der Waals surface area (Å²) >= 11 is 2.19. The van der Waals surface area contributed by atoms with Gasteiger partial charge >= 0.3 is 6.09 Å². The molecule has 1 saturated heterocycles. The SMILES string of the molecule is O=C1O[C@@H](CI)CN1[C@@H](CO)c1ccccc1. The molecule has 1 aromatic rings. The zero-order chi connectivity index (χ0) is 12.3. The van der Waals surface area contributed by atoms with Gasteiger partial charge in [0.1, 0.15) is 6.10 Å². The Kier molecular flexibility index (Phi) is 4.22. The summed E-state index contributed by atoms with van der Waals surface area (Å²) in [5.41, 5.74) is 0.932. The number of ether oxygens (including phenoxy) is 1. The van der Waals surface area contributed by atoms with Crippen molar-refractivity contribution in [3.63, 3.8) is 0 Å². The Bertz CT molecular complexity index is 385. The van der Waals surface area contributed by atoms with Crippen molar-refractivity contribution in [2.75, 3.05) is 17.6 Å². The average Bonchev–Trinajstić information content (AvgIpc) is 2.73. The number of alkyl halides is 1. The number of benzene rings is 1. The van der Waals surface area contributed by atoms with E-state index in [4.69, 9.17) is 4.74 Å². The summed E-state index contributed by atoms with van der Waals surface area (Å²) < 4.78 is 5.97. The van der Waals surface area contributed by atoms with Crippen molar-refractivity contribution in [1.82, 2.24) is 4.90 Å². The van der Waals surface area contributed by atoms with Gasteiger partial charge in [-0.15, -0.1) is 0 Å². The first kappa shape index (κ1) is 12.6. The van der Waals surface area contributed by atoms with Gasteiger partial charge in [-0.3, -0.25) is 4.90 Å². The van der Waals surface area contributed by atoms with Crippen LogP contribution in [0, 0.1) is 0 Å². The predicted octanol–water partition coefficient (Wildman–Crippen LogP) is 1.98. The van der Waals surface area contributed by atoms with Gasteiger partial charge in [-0.1, -0.05) is 52.9 Å². The average molecular weight is 347 g/mol. The van der Waals surface area contributed by atoms with Crippen molar-refractivity contribution in [3.8, 4) is 0 Å². The number of carbonyl (C=O) groups excluding carboxylic acids is 1. The van der Waals surface area contributed by atoms with Crippen molar-refractivity contribution in [2.45, 2.75) is 12.1 Å². The van der Waals surface area contributed by atoms with Crippen molar-refractivity contribution in [1.29, 1.82) is 0 Å². The molecule has 1 amide bonds. The molecule has 0 unspecified atom stereocenters. The zero-order valence-electron chi connectivity index (χ0n) is 9.25. The van der Waals surface area contributed by atoms with Crippen LogP contribution in [-0.2, 0) is 4.74 Å². The minimum atomic E-state index is -0.338. The molecule has 5 heteroatoms. The second-order valence-corrected chi connectivity index (χ2v) is 4.80. The van der Waals surface area contributed by atoms with Crippen LogP contribution in [0.1, 0.15) is 11.6 Å². The van der Waals surface area contributed by atoms with Crippen LogP contribution in [0.3, 0.4) is 0 Å². The molecule has 1 fully saturated rings. The molecule has 0 aliphatic carbocycles. The molecule has 1 aliphatic heterocycles. The van der Waals surface area contributed by atoms with Gasteiger partial charge in [0.2, 0.25) is 0 Å². The molecule has 0 saturated carbocycles. The van der Waals surface area contributed by atoms with Gasteiger partial charge in [0.25, 0.3) is 0 Å². The molecule has 1 aliphatic rings. The fourth-order valence-corrected chi connectivity index (χ4v) is 2.39. The lowest BCUT2D eigenvalue weighted by atomic mass is 10.1. The van der Waals surface area contributed by atoms with Crippen LogP contribution >= 0.6 is 22.6 Å². The summed E-state index contributed by atoms with van der Waals surface area (Å²) in [6, 6.07) is 9.21. The topological polar surface area (TPSA) is 49.8 Å². The van der Waals surface area contributed by atoms with Crippen molar-refractivity contribution < 1.29 is 14.6 Å². The minimum absolute atomic E-state index is 0.0686. The number of amides is 1. The van der Waals surface area contributed by atoms with Crippen LogP contribution in [0.5, 0.6) is 0 Å². The van der Waals surface area contributed by atoms with Gasteiger partial charge in [-0.2, -0.15) is 0 Å². The molecule has 2 atom stereocenters. The van der Waals surface area contributed by atoms with E-state index in [-0.39, 0.29) is 24.8 Å². The Balaban J connectivity index is 2.17. The third-order valence-corrected chi connectivity index (χ3v) is 3.79. The Morgan fingerprint density at radius 1 is 1.47 bits per heavy atom. The standard InChI is InChI=1S/C12H14INO3/c13-6-10-7-14(12(16)17-10)11(8-15)9-4-2-1-3-5-9/h1-5,10-11,15H,6-8H2/t10-,11-/m0/s1. The Hall–Kier alpha value is -0.820. The first-order valence-corrected chi connectivity index (χ1v) is 6.98. The summed E-state index contributed by atoms with van der Waals surface area (Å²) in [4.78, 5) is 13.3. The normalized spacial score (nSPS) is 21.4. The molecule has 0 radical (unpaired) electrons. The minimum Gasteiger partial charge on any atom is -0.443 e. The van der Waals surface area contributed by atoms with E-state index in [2.05, 4.69) is 22.6 Å². The highest BCUT2D eigenvalue weighted by molar-refractivity contribution is 14.1. The van der Waals surface area contributed by atoms with Crippen LogP contribution in [0.15, 0.2) is 30.3 Å². The smallest absolute Gasteiger partial charge is 0.410 e. The molecule has 4 nitrogen and oxygen atoms in total. The van der Waals surface area contributed by atoms with Gasteiger partial charge in [-0.25, -0.2) is 4.79 Å². The molecule has 0 bridgehead atoms. The highest BCUT2D eigenvalue weighted by atomic mass is 127. The van der Waals surface area contributed by atoms with Gasteiger partial charge in [0, 0.05) is 4.43 Å². The van der Waals surface area contributed by atoms with Crippen molar-refractivity contribution >= 4 is 28.7 Å². The number of aliphatic hydroxyl groups excluding tert-OH is 1. The van der Waals surface area contributed by atoms with E-state index in [0.717, 1.165) is 9.99 Å². The van der Waals surface area contributed by atoms with E-state index in [1.54, 1.807) is 4.90 Å². The van der Waals surface area contributed by atoms with Crippen LogP contribution in [0.25, 0.3) is 0 Å². The fourth-order valence-electron chi connectivity index (χ4n) is 1.94. The van der Waals surface area contributed by atoms with E-state index >= 15 is 0 Å². The number of cyclic esters (lactones) is 1. The summed E-state index contributed by atoms with van der Waals surface area (Å²) in [6.45, 7) is 0.453. The second-order valence-electron chi connectivity index (χ2n) is 3.92. The molecule has 2 rings (SSSR count).